The molecule has 0 aliphatic rings. The number of nitrogens with two attached hydrogens (primary N) is 1. The second kappa shape index (κ2) is 12.1. The predicted molar refractivity (Wildman–Crippen MR) is 93.3 cm³/mol. The van der Waals surface area contributed by atoms with Crippen LogP contribution in [0, 0.1) is 0 Å². The van der Waals surface area contributed by atoms with Crippen molar-refractivity contribution in [1.29, 1.82) is 0 Å². The average molecular weight is 308 g/mol. The van der Waals surface area contributed by atoms with E-state index in [0.717, 1.165) is 31.6 Å². The first-order valence-electron chi connectivity index (χ1n) is 8.77. The van der Waals surface area contributed by atoms with Crippen LogP contribution < -0.4 is 15.8 Å². The summed E-state index contributed by atoms with van der Waals surface area (Å²) >= 11 is 0. The molecule has 0 unspecified atom stereocenters. The van der Waals surface area contributed by atoms with Gasteiger partial charge in [-0.25, -0.2) is 0 Å². The highest BCUT2D eigenvalue weighted by atomic mass is 16.5. The molecule has 1 rings (SSSR count). The summed E-state index contributed by atoms with van der Waals surface area (Å²) in [4.78, 5) is 8.29. The van der Waals surface area contributed by atoms with Crippen LogP contribution in [-0.2, 0) is 0 Å². The molecule has 3 N–H and O–H groups in total. The normalized spacial score (nSPS) is 10.6. The molecule has 1 heterocycles. The van der Waals surface area contributed by atoms with Gasteiger partial charge in [-0.3, -0.25) is 0 Å². The van der Waals surface area contributed by atoms with Crippen molar-refractivity contribution in [3.63, 3.8) is 0 Å². The van der Waals surface area contributed by atoms with Gasteiger partial charge in [-0.05, 0) is 12.8 Å². The highest BCUT2D eigenvalue weighted by Crippen LogP contribution is 2.15. The number of ether oxygens (including phenoxy) is 1. The number of rotatable bonds is 13. The van der Waals surface area contributed by atoms with E-state index in [-0.39, 0.29) is 5.95 Å². The van der Waals surface area contributed by atoms with E-state index in [0.29, 0.717) is 12.5 Å². The molecule has 5 nitrogen and oxygen atoms in total. The summed E-state index contributed by atoms with van der Waals surface area (Å²) in [5.41, 5.74) is 5.72. The largest absolute Gasteiger partial charge is 0.477 e. The molecule has 0 aliphatic heterocycles. The minimum Gasteiger partial charge on any atom is -0.477 e. The number of hydrogen-bond donors (Lipinski definition) is 2. The third-order valence-electron chi connectivity index (χ3n) is 3.55. The monoisotopic (exact) mass is 308 g/mol. The van der Waals surface area contributed by atoms with Crippen molar-refractivity contribution in [1.82, 2.24) is 9.97 Å². The Hall–Kier alpha value is -1.52. The topological polar surface area (TPSA) is 73.1 Å². The maximum Gasteiger partial charge on any atom is 0.225 e. The second-order valence-corrected chi connectivity index (χ2v) is 5.70. The molecule has 0 aromatic carbocycles. The fourth-order valence-corrected chi connectivity index (χ4v) is 2.23. The van der Waals surface area contributed by atoms with E-state index in [9.17, 15) is 0 Å². The Morgan fingerprint density at radius 1 is 0.955 bits per heavy atom. The number of aromatic nitrogens is 2. The summed E-state index contributed by atoms with van der Waals surface area (Å²) < 4.78 is 5.58. The van der Waals surface area contributed by atoms with Crippen molar-refractivity contribution in [3.05, 3.63) is 6.07 Å². The van der Waals surface area contributed by atoms with Crippen molar-refractivity contribution in [2.45, 2.75) is 71.6 Å². The van der Waals surface area contributed by atoms with E-state index in [1.54, 1.807) is 0 Å². The molecule has 0 amide bonds. The third kappa shape index (κ3) is 8.70. The van der Waals surface area contributed by atoms with E-state index < -0.39 is 0 Å². The Morgan fingerprint density at radius 3 is 2.36 bits per heavy atom. The first kappa shape index (κ1) is 18.5. The van der Waals surface area contributed by atoms with E-state index in [4.69, 9.17) is 10.5 Å². The smallest absolute Gasteiger partial charge is 0.225 e. The number of unbranched alkanes of at least 4 members (excludes halogenated alkanes) is 7. The van der Waals surface area contributed by atoms with Gasteiger partial charge in [-0.15, -0.1) is 0 Å². The van der Waals surface area contributed by atoms with Gasteiger partial charge in [0.15, 0.2) is 0 Å². The minimum atomic E-state index is 0.260. The van der Waals surface area contributed by atoms with E-state index in [1.807, 2.05) is 6.07 Å². The molecule has 0 saturated heterocycles. The van der Waals surface area contributed by atoms with Crippen LogP contribution in [0.4, 0.5) is 11.8 Å². The second-order valence-electron chi connectivity index (χ2n) is 5.70. The molecule has 22 heavy (non-hydrogen) atoms. The number of nitrogen functional groups attached to an aromatic ring is 1. The standard InChI is InChI=1S/C17H32N4O/c1-3-5-7-8-9-10-11-12-19-15-14-16(21-17(18)20-15)22-13-6-4-2/h14H,3-13H2,1-2H3,(H3,18,19,20,21). The van der Waals surface area contributed by atoms with Crippen LogP contribution in [0.2, 0.25) is 0 Å². The van der Waals surface area contributed by atoms with Gasteiger partial charge < -0.3 is 15.8 Å². The first-order valence-corrected chi connectivity index (χ1v) is 8.77. The summed E-state index contributed by atoms with van der Waals surface area (Å²) in [6.45, 7) is 5.97. The molecular weight excluding hydrogens is 276 g/mol. The van der Waals surface area contributed by atoms with Gasteiger partial charge in [0.1, 0.15) is 5.82 Å². The van der Waals surface area contributed by atoms with Crippen molar-refractivity contribution in [3.8, 4) is 5.88 Å². The van der Waals surface area contributed by atoms with Gasteiger partial charge in [-0.2, -0.15) is 9.97 Å². The molecule has 126 valence electrons. The van der Waals surface area contributed by atoms with E-state index in [1.165, 1.54) is 38.5 Å². The Bertz CT molecular complexity index is 398. The van der Waals surface area contributed by atoms with Gasteiger partial charge in [0.05, 0.1) is 6.61 Å². The molecular formula is C17H32N4O. The quantitative estimate of drug-likeness (QED) is 0.528. The predicted octanol–water partition coefficient (Wildman–Crippen LogP) is 4.40. The molecule has 0 radical (unpaired) electrons. The van der Waals surface area contributed by atoms with Gasteiger partial charge in [0.2, 0.25) is 11.8 Å². The molecule has 1 aromatic rings. The molecule has 0 aliphatic carbocycles. The van der Waals surface area contributed by atoms with Crippen LogP contribution in [0.1, 0.15) is 71.6 Å². The van der Waals surface area contributed by atoms with Crippen molar-refractivity contribution in [2.75, 3.05) is 24.2 Å². The Balaban J connectivity index is 2.21. The van der Waals surface area contributed by atoms with Gasteiger partial charge in [-0.1, -0.05) is 58.8 Å². The molecule has 1 aromatic heterocycles. The summed E-state index contributed by atoms with van der Waals surface area (Å²) in [7, 11) is 0. The van der Waals surface area contributed by atoms with E-state index in [2.05, 4.69) is 29.1 Å². The van der Waals surface area contributed by atoms with Crippen LogP contribution in [0.5, 0.6) is 5.88 Å². The number of hydrogen-bond acceptors (Lipinski definition) is 5. The molecule has 0 fully saturated rings. The molecule has 0 saturated carbocycles. The summed E-state index contributed by atoms with van der Waals surface area (Å²) in [5, 5.41) is 3.31. The molecule has 0 bridgehead atoms. The van der Waals surface area contributed by atoms with Crippen LogP contribution in [-0.4, -0.2) is 23.1 Å². The zero-order valence-corrected chi connectivity index (χ0v) is 14.2. The summed E-state index contributed by atoms with van der Waals surface area (Å²) in [6, 6.07) is 1.83. The fourth-order valence-electron chi connectivity index (χ4n) is 2.23. The third-order valence-corrected chi connectivity index (χ3v) is 3.55. The zero-order chi connectivity index (χ0) is 16.0. The van der Waals surface area contributed by atoms with Crippen molar-refractivity contribution in [2.24, 2.45) is 0 Å². The Kier molecular flexibility index (Phi) is 10.2. The Morgan fingerprint density at radius 2 is 1.64 bits per heavy atom. The number of nitrogens with one attached hydrogen (secondary N) is 1. The van der Waals surface area contributed by atoms with Gasteiger partial charge in [0, 0.05) is 12.6 Å². The highest BCUT2D eigenvalue weighted by molar-refractivity contribution is 5.42. The highest BCUT2D eigenvalue weighted by Gasteiger charge is 2.03. The van der Waals surface area contributed by atoms with Crippen LogP contribution in [0.25, 0.3) is 0 Å². The lowest BCUT2D eigenvalue weighted by Crippen LogP contribution is -2.08. The molecule has 0 spiro atoms. The lowest BCUT2D eigenvalue weighted by atomic mass is 10.1. The summed E-state index contributed by atoms with van der Waals surface area (Å²) in [6.07, 6.45) is 11.2. The number of nitrogens with zero attached hydrogens (tertiary/aromatic N) is 2. The van der Waals surface area contributed by atoms with Gasteiger partial charge in [0.25, 0.3) is 0 Å². The maximum atomic E-state index is 5.72. The van der Waals surface area contributed by atoms with Crippen LogP contribution >= 0.6 is 0 Å². The lowest BCUT2D eigenvalue weighted by Gasteiger charge is -2.09. The summed E-state index contributed by atoms with van der Waals surface area (Å²) in [5.74, 6) is 1.57. The number of anilines is 2. The zero-order valence-electron chi connectivity index (χ0n) is 14.2. The molecule has 5 heteroatoms. The Labute approximate surface area is 135 Å². The van der Waals surface area contributed by atoms with Crippen molar-refractivity contribution < 1.29 is 4.74 Å². The fraction of sp³-hybridized carbons (Fsp3) is 0.765. The SMILES string of the molecule is CCCCCCCCCNc1cc(OCCCC)nc(N)n1. The molecule has 0 atom stereocenters. The van der Waals surface area contributed by atoms with Crippen LogP contribution in [0.15, 0.2) is 6.07 Å². The van der Waals surface area contributed by atoms with Crippen LogP contribution in [0.3, 0.4) is 0 Å². The van der Waals surface area contributed by atoms with Crippen molar-refractivity contribution >= 4 is 11.8 Å². The minimum absolute atomic E-state index is 0.260. The maximum absolute atomic E-state index is 5.72. The average Bonchev–Trinajstić information content (AvgIpc) is 2.50. The van der Waals surface area contributed by atoms with E-state index >= 15 is 0 Å². The lowest BCUT2D eigenvalue weighted by molar-refractivity contribution is 0.298. The first-order chi connectivity index (χ1) is 10.8. The van der Waals surface area contributed by atoms with Gasteiger partial charge >= 0.3 is 0 Å².